The summed E-state index contributed by atoms with van der Waals surface area (Å²) < 4.78 is 0. The van der Waals surface area contributed by atoms with E-state index in [1.165, 1.54) is 12.3 Å². The Morgan fingerprint density at radius 2 is 2.35 bits per heavy atom. The highest BCUT2D eigenvalue weighted by Crippen LogP contribution is 2.19. The molecule has 1 aliphatic heterocycles. The first kappa shape index (κ1) is 14.3. The number of halogens is 1. The molecule has 0 saturated carbocycles. The second-order valence-corrected chi connectivity index (χ2v) is 4.72. The molecule has 0 aliphatic carbocycles. The molecule has 2 amide bonds. The highest BCUT2D eigenvalue weighted by molar-refractivity contribution is 6.28. The molecule has 1 aromatic heterocycles. The van der Waals surface area contributed by atoms with Gasteiger partial charge in [0.2, 0.25) is 11.2 Å². The molecule has 106 valence electrons. The van der Waals surface area contributed by atoms with Crippen molar-refractivity contribution in [2.24, 2.45) is 5.73 Å². The molecule has 3 N–H and O–H groups in total. The minimum atomic E-state index is -0.638. The molecule has 0 bridgehead atoms. The van der Waals surface area contributed by atoms with Gasteiger partial charge in [0.15, 0.2) is 0 Å². The summed E-state index contributed by atoms with van der Waals surface area (Å²) in [5.41, 5.74) is 5.43. The number of carbonyl (C=O) groups excluding carboxylic acids is 2. The molecule has 1 fully saturated rings. The van der Waals surface area contributed by atoms with Gasteiger partial charge in [-0.05, 0) is 24.1 Å². The summed E-state index contributed by atoms with van der Waals surface area (Å²) in [6, 6.07) is -0.0250. The molecule has 0 aromatic carbocycles. The number of carbonyl (C=O) groups is 2. The molecule has 0 radical (unpaired) electrons. The summed E-state index contributed by atoms with van der Waals surface area (Å²) in [6.45, 7) is 4.58. The standard InChI is InChI=1S/C12H14ClN5O2/c1-2-9(19)18-4-3-7(6-18)16-11-8(10(14)20)5-15-12(13)17-11/h2,5,7H,1,3-4,6H2,(H2,14,20)(H,15,16,17)/t7-/m1/s1. The maximum Gasteiger partial charge on any atom is 0.254 e. The third kappa shape index (κ3) is 3.05. The van der Waals surface area contributed by atoms with E-state index in [9.17, 15) is 9.59 Å². The monoisotopic (exact) mass is 295 g/mol. The summed E-state index contributed by atoms with van der Waals surface area (Å²) in [5.74, 6) is -0.471. The van der Waals surface area contributed by atoms with Crippen LogP contribution in [0.1, 0.15) is 16.8 Å². The molecule has 2 heterocycles. The Hall–Kier alpha value is -2.15. The van der Waals surface area contributed by atoms with Gasteiger partial charge in [0.05, 0.1) is 5.56 Å². The second-order valence-electron chi connectivity index (χ2n) is 4.38. The van der Waals surface area contributed by atoms with E-state index < -0.39 is 5.91 Å². The Bertz CT molecular complexity index is 563. The Labute approximate surface area is 120 Å². The summed E-state index contributed by atoms with van der Waals surface area (Å²) >= 11 is 5.72. The van der Waals surface area contributed by atoms with E-state index in [0.29, 0.717) is 13.1 Å². The van der Waals surface area contributed by atoms with Crippen LogP contribution in [0.2, 0.25) is 5.28 Å². The molecule has 1 atom stereocenters. The molecule has 20 heavy (non-hydrogen) atoms. The number of anilines is 1. The Morgan fingerprint density at radius 1 is 1.60 bits per heavy atom. The topological polar surface area (TPSA) is 101 Å². The Balaban J connectivity index is 2.11. The van der Waals surface area contributed by atoms with Crippen LogP contribution in [0.4, 0.5) is 5.82 Å². The number of hydrogen-bond acceptors (Lipinski definition) is 5. The van der Waals surface area contributed by atoms with Gasteiger partial charge >= 0.3 is 0 Å². The zero-order valence-electron chi connectivity index (χ0n) is 10.7. The molecular formula is C12H14ClN5O2. The number of rotatable bonds is 4. The van der Waals surface area contributed by atoms with Gasteiger partial charge in [0.25, 0.3) is 5.91 Å². The average molecular weight is 296 g/mol. The molecule has 0 spiro atoms. The van der Waals surface area contributed by atoms with Crippen molar-refractivity contribution in [1.82, 2.24) is 14.9 Å². The van der Waals surface area contributed by atoms with Crippen molar-refractivity contribution in [2.75, 3.05) is 18.4 Å². The lowest BCUT2D eigenvalue weighted by molar-refractivity contribution is -0.125. The third-order valence-electron chi connectivity index (χ3n) is 3.04. The molecule has 1 aliphatic rings. The van der Waals surface area contributed by atoms with Crippen LogP contribution in [0, 0.1) is 0 Å². The predicted octanol–water partition coefficient (Wildman–Crippen LogP) is 0.428. The number of likely N-dealkylation sites (tertiary alicyclic amines) is 1. The maximum atomic E-state index is 11.5. The predicted molar refractivity (Wildman–Crippen MR) is 74.4 cm³/mol. The second kappa shape index (κ2) is 5.87. The van der Waals surface area contributed by atoms with Gasteiger partial charge < -0.3 is 16.0 Å². The van der Waals surface area contributed by atoms with Crippen LogP contribution in [0.5, 0.6) is 0 Å². The van der Waals surface area contributed by atoms with Crippen molar-refractivity contribution in [2.45, 2.75) is 12.5 Å². The van der Waals surface area contributed by atoms with Crippen molar-refractivity contribution in [1.29, 1.82) is 0 Å². The largest absolute Gasteiger partial charge is 0.365 e. The van der Waals surface area contributed by atoms with Gasteiger partial charge in [-0.2, -0.15) is 4.98 Å². The van der Waals surface area contributed by atoms with Crippen molar-refractivity contribution < 1.29 is 9.59 Å². The van der Waals surface area contributed by atoms with Crippen LogP contribution >= 0.6 is 11.6 Å². The van der Waals surface area contributed by atoms with Gasteiger partial charge in [-0.15, -0.1) is 0 Å². The van der Waals surface area contributed by atoms with Crippen LogP contribution in [0.25, 0.3) is 0 Å². The zero-order chi connectivity index (χ0) is 14.7. The lowest BCUT2D eigenvalue weighted by Crippen LogP contribution is -2.31. The molecular weight excluding hydrogens is 282 g/mol. The number of aromatic nitrogens is 2. The Kier molecular flexibility index (Phi) is 4.19. The van der Waals surface area contributed by atoms with Crippen molar-refractivity contribution in [3.63, 3.8) is 0 Å². The van der Waals surface area contributed by atoms with Crippen LogP contribution in [0.3, 0.4) is 0 Å². The zero-order valence-corrected chi connectivity index (χ0v) is 11.4. The van der Waals surface area contributed by atoms with E-state index in [0.717, 1.165) is 6.42 Å². The SMILES string of the molecule is C=CC(=O)N1CC[C@@H](Nc2nc(Cl)ncc2C(N)=O)C1. The third-order valence-corrected chi connectivity index (χ3v) is 3.22. The van der Waals surface area contributed by atoms with Crippen LogP contribution in [-0.2, 0) is 4.79 Å². The van der Waals surface area contributed by atoms with E-state index in [4.69, 9.17) is 17.3 Å². The lowest BCUT2D eigenvalue weighted by atomic mass is 10.2. The first-order valence-corrected chi connectivity index (χ1v) is 6.39. The van der Waals surface area contributed by atoms with Crippen LogP contribution in [-0.4, -0.2) is 45.8 Å². The number of primary amides is 1. The fourth-order valence-corrected chi connectivity index (χ4v) is 2.18. The molecule has 7 nitrogen and oxygen atoms in total. The van der Waals surface area contributed by atoms with Crippen molar-refractivity contribution >= 4 is 29.2 Å². The minimum absolute atomic E-state index is 0.0227. The first-order chi connectivity index (χ1) is 9.51. The maximum absolute atomic E-state index is 11.5. The van der Waals surface area contributed by atoms with E-state index in [1.807, 2.05) is 0 Å². The van der Waals surface area contributed by atoms with E-state index >= 15 is 0 Å². The van der Waals surface area contributed by atoms with Gasteiger partial charge in [-0.3, -0.25) is 9.59 Å². The highest BCUT2D eigenvalue weighted by Gasteiger charge is 2.26. The number of nitrogens with two attached hydrogens (primary N) is 1. The van der Waals surface area contributed by atoms with E-state index in [-0.39, 0.29) is 28.6 Å². The van der Waals surface area contributed by atoms with Crippen molar-refractivity contribution in [3.8, 4) is 0 Å². The molecule has 8 heteroatoms. The summed E-state index contributed by atoms with van der Waals surface area (Å²) in [6.07, 6.45) is 3.29. The highest BCUT2D eigenvalue weighted by atomic mass is 35.5. The molecule has 1 aromatic rings. The van der Waals surface area contributed by atoms with Gasteiger partial charge in [0, 0.05) is 25.3 Å². The van der Waals surface area contributed by atoms with Crippen LogP contribution in [0.15, 0.2) is 18.9 Å². The normalized spacial score (nSPS) is 17.9. The Morgan fingerprint density at radius 3 is 3.00 bits per heavy atom. The number of nitrogens with one attached hydrogen (secondary N) is 1. The number of hydrogen-bond donors (Lipinski definition) is 2. The van der Waals surface area contributed by atoms with Crippen LogP contribution < -0.4 is 11.1 Å². The summed E-state index contributed by atoms with van der Waals surface area (Å²) in [7, 11) is 0. The lowest BCUT2D eigenvalue weighted by Gasteiger charge is -2.16. The molecule has 1 saturated heterocycles. The number of amides is 2. The quantitative estimate of drug-likeness (QED) is 0.619. The average Bonchev–Trinajstić information content (AvgIpc) is 2.86. The summed E-state index contributed by atoms with van der Waals surface area (Å²) in [5, 5.41) is 3.10. The number of nitrogens with zero attached hydrogens (tertiary/aromatic N) is 3. The fourth-order valence-electron chi connectivity index (χ4n) is 2.05. The summed E-state index contributed by atoms with van der Waals surface area (Å²) in [4.78, 5) is 32.2. The first-order valence-electron chi connectivity index (χ1n) is 6.01. The van der Waals surface area contributed by atoms with Gasteiger partial charge in [-0.25, -0.2) is 4.98 Å². The smallest absolute Gasteiger partial charge is 0.254 e. The molecule has 0 unspecified atom stereocenters. The molecule has 2 rings (SSSR count). The van der Waals surface area contributed by atoms with E-state index in [2.05, 4.69) is 21.9 Å². The van der Waals surface area contributed by atoms with E-state index in [1.54, 1.807) is 4.90 Å². The van der Waals surface area contributed by atoms with Gasteiger partial charge in [0.1, 0.15) is 5.82 Å². The van der Waals surface area contributed by atoms with Crippen molar-refractivity contribution in [3.05, 3.63) is 29.7 Å². The fraction of sp³-hybridized carbons (Fsp3) is 0.333. The van der Waals surface area contributed by atoms with Gasteiger partial charge in [-0.1, -0.05) is 6.58 Å². The minimum Gasteiger partial charge on any atom is -0.365 e.